The van der Waals surface area contributed by atoms with E-state index in [0.29, 0.717) is 48.8 Å². The van der Waals surface area contributed by atoms with Crippen molar-refractivity contribution in [1.82, 2.24) is 14.9 Å². The number of hydrogen-bond acceptors (Lipinski definition) is 6. The fraction of sp³-hybridized carbons (Fsp3) is 0.273. The lowest BCUT2D eigenvalue weighted by Gasteiger charge is -2.38. The van der Waals surface area contributed by atoms with Crippen LogP contribution in [0.1, 0.15) is 24.1 Å². The SMILES string of the molecule is CC(=O)Nc1ccc2c([C@@H](C(=O)O)N3CCN(c4ncccc4C#N)CC3)c[nH]c2c1. The number of aliphatic carboxylic acids is 1. The smallest absolute Gasteiger partial charge is 0.325 e. The average molecular weight is 418 g/mol. The lowest BCUT2D eigenvalue weighted by atomic mass is 10.0. The van der Waals surface area contributed by atoms with Gasteiger partial charge < -0.3 is 20.3 Å². The molecule has 1 aliphatic heterocycles. The number of H-pyrrole nitrogens is 1. The van der Waals surface area contributed by atoms with Gasteiger partial charge in [-0.2, -0.15) is 5.26 Å². The molecule has 3 heterocycles. The number of aromatic nitrogens is 2. The molecule has 9 nitrogen and oxygen atoms in total. The zero-order valence-corrected chi connectivity index (χ0v) is 17.0. The number of amides is 1. The minimum Gasteiger partial charge on any atom is -0.480 e. The lowest BCUT2D eigenvalue weighted by Crippen LogP contribution is -2.49. The summed E-state index contributed by atoms with van der Waals surface area (Å²) < 4.78 is 0. The van der Waals surface area contributed by atoms with Gasteiger partial charge in [0.25, 0.3) is 0 Å². The topological polar surface area (TPSA) is 125 Å². The molecule has 1 saturated heterocycles. The maximum Gasteiger partial charge on any atom is 0.325 e. The summed E-state index contributed by atoms with van der Waals surface area (Å²) in [5, 5.41) is 22.9. The van der Waals surface area contributed by atoms with Crippen LogP contribution in [0.15, 0.2) is 42.7 Å². The molecule has 0 spiro atoms. The van der Waals surface area contributed by atoms with Gasteiger partial charge in [0, 0.05) is 67.7 Å². The highest BCUT2D eigenvalue weighted by atomic mass is 16.4. The molecule has 1 atom stereocenters. The fourth-order valence-electron chi connectivity index (χ4n) is 4.07. The summed E-state index contributed by atoms with van der Waals surface area (Å²) in [5.41, 5.74) is 2.61. The van der Waals surface area contributed by atoms with E-state index in [9.17, 15) is 20.0 Å². The Morgan fingerprint density at radius 3 is 2.71 bits per heavy atom. The molecule has 3 N–H and O–H groups in total. The van der Waals surface area contributed by atoms with Gasteiger partial charge >= 0.3 is 5.97 Å². The van der Waals surface area contributed by atoms with E-state index in [2.05, 4.69) is 21.4 Å². The van der Waals surface area contributed by atoms with Crippen molar-refractivity contribution < 1.29 is 14.7 Å². The minimum absolute atomic E-state index is 0.167. The van der Waals surface area contributed by atoms with Crippen molar-refractivity contribution in [2.45, 2.75) is 13.0 Å². The largest absolute Gasteiger partial charge is 0.480 e. The first-order valence-electron chi connectivity index (χ1n) is 9.93. The number of nitrogens with zero attached hydrogens (tertiary/aromatic N) is 4. The molecule has 4 rings (SSSR count). The summed E-state index contributed by atoms with van der Waals surface area (Å²) in [4.78, 5) is 34.9. The van der Waals surface area contributed by atoms with Crippen molar-refractivity contribution >= 4 is 34.3 Å². The fourth-order valence-corrected chi connectivity index (χ4v) is 4.07. The molecule has 1 aromatic carbocycles. The van der Waals surface area contributed by atoms with Gasteiger partial charge in [-0.15, -0.1) is 0 Å². The maximum absolute atomic E-state index is 12.2. The summed E-state index contributed by atoms with van der Waals surface area (Å²) in [6, 6.07) is 10.2. The van der Waals surface area contributed by atoms with Crippen molar-refractivity contribution in [3.8, 4) is 6.07 Å². The molecular formula is C22H22N6O3. The van der Waals surface area contributed by atoms with E-state index >= 15 is 0 Å². The number of nitriles is 1. The zero-order chi connectivity index (χ0) is 22.0. The summed E-state index contributed by atoms with van der Waals surface area (Å²) in [7, 11) is 0. The molecule has 0 aliphatic carbocycles. The highest BCUT2D eigenvalue weighted by Gasteiger charge is 2.32. The molecule has 31 heavy (non-hydrogen) atoms. The number of rotatable bonds is 5. The van der Waals surface area contributed by atoms with E-state index < -0.39 is 12.0 Å². The Balaban J connectivity index is 1.56. The number of fused-ring (bicyclic) bond motifs is 1. The minimum atomic E-state index is -0.921. The van der Waals surface area contributed by atoms with Crippen LogP contribution >= 0.6 is 0 Å². The highest BCUT2D eigenvalue weighted by molar-refractivity contribution is 5.94. The number of carbonyl (C=O) groups is 2. The van der Waals surface area contributed by atoms with Crippen LogP contribution in [0.5, 0.6) is 0 Å². The Hall–Kier alpha value is -3.90. The number of carboxylic acid groups (broad SMARTS) is 1. The molecule has 1 fully saturated rings. The van der Waals surface area contributed by atoms with Crippen LogP contribution in [0, 0.1) is 11.3 Å². The second kappa shape index (κ2) is 8.45. The van der Waals surface area contributed by atoms with E-state index in [1.807, 2.05) is 15.9 Å². The Morgan fingerprint density at radius 2 is 2.03 bits per heavy atom. The molecule has 0 unspecified atom stereocenters. The molecule has 0 bridgehead atoms. The van der Waals surface area contributed by atoms with Gasteiger partial charge in [-0.25, -0.2) is 4.98 Å². The number of nitrogens with one attached hydrogen (secondary N) is 2. The van der Waals surface area contributed by atoms with Crippen molar-refractivity contribution in [1.29, 1.82) is 5.26 Å². The lowest BCUT2D eigenvalue weighted by molar-refractivity contribution is -0.143. The zero-order valence-electron chi connectivity index (χ0n) is 17.0. The Labute approximate surface area is 178 Å². The number of hydrogen-bond donors (Lipinski definition) is 3. The Bertz CT molecular complexity index is 1170. The first-order chi connectivity index (χ1) is 15.0. The van der Waals surface area contributed by atoms with Crippen molar-refractivity contribution in [2.75, 3.05) is 36.4 Å². The van der Waals surface area contributed by atoms with Crippen LogP contribution in [0.25, 0.3) is 10.9 Å². The molecule has 1 amide bonds. The molecule has 0 radical (unpaired) electrons. The van der Waals surface area contributed by atoms with Crippen LogP contribution in [-0.4, -0.2) is 58.0 Å². The number of pyridine rings is 1. The van der Waals surface area contributed by atoms with Gasteiger partial charge in [0.05, 0.1) is 5.56 Å². The summed E-state index contributed by atoms with van der Waals surface area (Å²) >= 11 is 0. The second-order valence-electron chi connectivity index (χ2n) is 7.44. The van der Waals surface area contributed by atoms with E-state index in [1.54, 1.807) is 36.7 Å². The van der Waals surface area contributed by atoms with Crippen LogP contribution in [0.3, 0.4) is 0 Å². The summed E-state index contributed by atoms with van der Waals surface area (Å²) in [6.45, 7) is 3.63. The van der Waals surface area contributed by atoms with Crippen molar-refractivity contribution in [3.63, 3.8) is 0 Å². The Morgan fingerprint density at radius 1 is 1.26 bits per heavy atom. The molecule has 2 aromatic heterocycles. The van der Waals surface area contributed by atoms with E-state index in [4.69, 9.17) is 0 Å². The van der Waals surface area contributed by atoms with Gasteiger partial charge in [-0.1, -0.05) is 6.07 Å². The third kappa shape index (κ3) is 4.06. The monoisotopic (exact) mass is 418 g/mol. The van der Waals surface area contributed by atoms with Crippen LogP contribution < -0.4 is 10.2 Å². The predicted molar refractivity (Wildman–Crippen MR) is 116 cm³/mol. The molecular weight excluding hydrogens is 396 g/mol. The molecule has 1 aliphatic rings. The maximum atomic E-state index is 12.2. The molecule has 158 valence electrons. The number of aromatic amines is 1. The first-order valence-corrected chi connectivity index (χ1v) is 9.93. The first kappa shape index (κ1) is 20.4. The number of carboxylic acids is 1. The predicted octanol–water partition coefficient (Wildman–Crippen LogP) is 2.34. The molecule has 3 aromatic rings. The highest BCUT2D eigenvalue weighted by Crippen LogP contribution is 2.31. The van der Waals surface area contributed by atoms with Crippen LogP contribution in [0.4, 0.5) is 11.5 Å². The van der Waals surface area contributed by atoms with Crippen molar-refractivity contribution in [2.24, 2.45) is 0 Å². The Kier molecular flexibility index (Phi) is 5.56. The van der Waals surface area contributed by atoms with Gasteiger partial charge in [0.15, 0.2) is 0 Å². The number of benzene rings is 1. The normalized spacial score (nSPS) is 15.4. The van der Waals surface area contributed by atoms with E-state index in [-0.39, 0.29) is 5.91 Å². The average Bonchev–Trinajstić information content (AvgIpc) is 3.16. The molecule has 9 heteroatoms. The third-order valence-electron chi connectivity index (χ3n) is 5.45. The van der Waals surface area contributed by atoms with Gasteiger partial charge in [0.2, 0.25) is 5.91 Å². The number of carbonyl (C=O) groups excluding carboxylic acids is 1. The second-order valence-corrected chi connectivity index (χ2v) is 7.44. The number of piperazine rings is 1. The standard InChI is InChI=1S/C22H22N6O3/c1-14(29)26-16-4-5-17-18(13-25-19(17)11-16)20(22(30)31)27-7-9-28(10-8-27)21-15(12-23)3-2-6-24-21/h2-6,11,13,20,25H,7-10H2,1H3,(H,26,29)(H,30,31)/t20-/m0/s1. The van der Waals surface area contributed by atoms with Gasteiger partial charge in [-0.05, 0) is 24.3 Å². The van der Waals surface area contributed by atoms with E-state index in [1.165, 1.54) is 6.92 Å². The van der Waals surface area contributed by atoms with E-state index in [0.717, 1.165) is 10.9 Å². The van der Waals surface area contributed by atoms with Crippen LogP contribution in [0.2, 0.25) is 0 Å². The quantitative estimate of drug-likeness (QED) is 0.581. The van der Waals surface area contributed by atoms with Crippen molar-refractivity contribution in [3.05, 3.63) is 53.9 Å². The summed E-state index contributed by atoms with van der Waals surface area (Å²) in [6.07, 6.45) is 3.38. The number of anilines is 2. The third-order valence-corrected chi connectivity index (χ3v) is 5.45. The van der Waals surface area contributed by atoms with Gasteiger partial charge in [0.1, 0.15) is 17.9 Å². The van der Waals surface area contributed by atoms with Crippen LogP contribution in [-0.2, 0) is 9.59 Å². The molecule has 0 saturated carbocycles. The van der Waals surface area contributed by atoms with Gasteiger partial charge in [-0.3, -0.25) is 14.5 Å². The summed E-state index contributed by atoms with van der Waals surface area (Å²) in [5.74, 6) is -0.454.